The van der Waals surface area contributed by atoms with Crippen molar-refractivity contribution < 1.29 is 18.9 Å². The van der Waals surface area contributed by atoms with Gasteiger partial charge in [0.15, 0.2) is 17.3 Å². The summed E-state index contributed by atoms with van der Waals surface area (Å²) in [6.45, 7) is 2.19. The van der Waals surface area contributed by atoms with E-state index in [1.54, 1.807) is 19.2 Å². The molecule has 3 atom stereocenters. The third-order valence-electron chi connectivity index (χ3n) is 5.53. The molecule has 160 valence electrons. The van der Waals surface area contributed by atoms with Crippen LogP contribution in [0.1, 0.15) is 30.4 Å². The van der Waals surface area contributed by atoms with Gasteiger partial charge in [-0.05, 0) is 35.8 Å². The Kier molecular flexibility index (Phi) is 5.98. The van der Waals surface area contributed by atoms with Gasteiger partial charge in [-0.1, -0.05) is 36.4 Å². The summed E-state index contributed by atoms with van der Waals surface area (Å²) >= 11 is 4.21. The number of benzene rings is 2. The van der Waals surface area contributed by atoms with E-state index in [0.717, 1.165) is 16.7 Å². The molecule has 1 fully saturated rings. The highest BCUT2D eigenvalue weighted by Crippen LogP contribution is 2.29. The molecule has 3 N–H and O–H groups in total. The SMILES string of the molecule is CC(O)(S)C1NC=C/[N+]1=C/C=C/c1ccc(-c2ccc(C3CNC(=O)C3)cc2F)cc1. The van der Waals surface area contributed by atoms with Crippen molar-refractivity contribution in [3.8, 4) is 11.1 Å². The highest BCUT2D eigenvalue weighted by Gasteiger charge is 2.38. The Morgan fingerprint density at radius 1 is 1.26 bits per heavy atom. The van der Waals surface area contributed by atoms with E-state index in [4.69, 9.17) is 0 Å². The second-order valence-corrected chi connectivity index (χ2v) is 8.91. The lowest BCUT2D eigenvalue weighted by atomic mass is 9.95. The Hall–Kier alpha value is -2.90. The fourth-order valence-electron chi connectivity index (χ4n) is 3.86. The molecule has 0 bridgehead atoms. The van der Waals surface area contributed by atoms with Crippen LogP contribution >= 0.6 is 12.6 Å². The second-order valence-electron chi connectivity index (χ2n) is 8.00. The van der Waals surface area contributed by atoms with E-state index in [1.807, 2.05) is 59.5 Å². The first-order chi connectivity index (χ1) is 14.8. The molecular weight excluding hydrogens is 413 g/mol. The molecule has 0 spiro atoms. The van der Waals surface area contributed by atoms with Crippen molar-refractivity contribution in [1.82, 2.24) is 10.6 Å². The predicted molar refractivity (Wildman–Crippen MR) is 123 cm³/mol. The predicted octanol–water partition coefficient (Wildman–Crippen LogP) is 3.23. The molecule has 0 radical (unpaired) electrons. The number of hydrogen-bond donors (Lipinski definition) is 4. The molecule has 1 amide bonds. The van der Waals surface area contributed by atoms with Crippen LogP contribution in [0.15, 0.2) is 60.9 Å². The first kappa shape index (κ1) is 21.3. The number of allylic oxidation sites excluding steroid dienone is 1. The molecule has 2 heterocycles. The fourth-order valence-corrected chi connectivity index (χ4v) is 4.06. The number of nitrogens with one attached hydrogen (secondary N) is 2. The molecule has 31 heavy (non-hydrogen) atoms. The topological polar surface area (TPSA) is 64.4 Å². The maximum atomic E-state index is 14.7. The average Bonchev–Trinajstić information content (AvgIpc) is 3.37. The summed E-state index contributed by atoms with van der Waals surface area (Å²) < 4.78 is 16.6. The van der Waals surface area contributed by atoms with E-state index in [0.29, 0.717) is 18.5 Å². The van der Waals surface area contributed by atoms with Crippen molar-refractivity contribution in [2.75, 3.05) is 6.54 Å². The van der Waals surface area contributed by atoms with E-state index in [1.165, 1.54) is 6.07 Å². The summed E-state index contributed by atoms with van der Waals surface area (Å²) in [6.07, 6.45) is 9.30. The van der Waals surface area contributed by atoms with E-state index in [-0.39, 0.29) is 23.8 Å². The molecule has 0 saturated carbocycles. The zero-order chi connectivity index (χ0) is 22.0. The van der Waals surface area contributed by atoms with Gasteiger partial charge in [-0.15, -0.1) is 12.6 Å². The summed E-state index contributed by atoms with van der Waals surface area (Å²) in [5.74, 6) is -0.239. The number of halogens is 1. The van der Waals surface area contributed by atoms with Crippen molar-refractivity contribution in [2.24, 2.45) is 0 Å². The molecule has 2 aliphatic rings. The highest BCUT2D eigenvalue weighted by atomic mass is 32.1. The van der Waals surface area contributed by atoms with Crippen LogP contribution in [0, 0.1) is 5.82 Å². The maximum absolute atomic E-state index is 14.7. The monoisotopic (exact) mass is 438 g/mol. The molecule has 4 rings (SSSR count). The van der Waals surface area contributed by atoms with Crippen LogP contribution in [-0.4, -0.2) is 39.4 Å². The van der Waals surface area contributed by atoms with Gasteiger partial charge in [-0.25, -0.2) is 4.39 Å². The zero-order valence-electron chi connectivity index (χ0n) is 17.1. The zero-order valence-corrected chi connectivity index (χ0v) is 18.0. The smallest absolute Gasteiger partial charge is 0.269 e. The minimum Gasteiger partial charge on any atom is -0.372 e. The Balaban J connectivity index is 1.46. The Bertz CT molecular complexity index is 1070. The highest BCUT2D eigenvalue weighted by molar-refractivity contribution is 7.81. The summed E-state index contributed by atoms with van der Waals surface area (Å²) in [6, 6.07) is 12.8. The van der Waals surface area contributed by atoms with E-state index >= 15 is 0 Å². The maximum Gasteiger partial charge on any atom is 0.269 e. The molecule has 2 aromatic carbocycles. The molecule has 7 heteroatoms. The van der Waals surface area contributed by atoms with E-state index in [2.05, 4.69) is 23.3 Å². The van der Waals surface area contributed by atoms with Gasteiger partial charge in [0.2, 0.25) is 5.91 Å². The van der Waals surface area contributed by atoms with Crippen LogP contribution < -0.4 is 10.6 Å². The van der Waals surface area contributed by atoms with Crippen molar-refractivity contribution in [1.29, 1.82) is 0 Å². The lowest BCUT2D eigenvalue weighted by Gasteiger charge is -2.20. The molecule has 0 aromatic heterocycles. The van der Waals surface area contributed by atoms with Gasteiger partial charge < -0.3 is 15.7 Å². The van der Waals surface area contributed by atoms with E-state index < -0.39 is 4.93 Å². The Morgan fingerprint density at radius 2 is 2.03 bits per heavy atom. The number of rotatable bonds is 5. The molecule has 2 aromatic rings. The summed E-state index contributed by atoms with van der Waals surface area (Å²) in [7, 11) is 0. The third kappa shape index (κ3) is 4.89. The lowest BCUT2D eigenvalue weighted by molar-refractivity contribution is -0.505. The van der Waals surface area contributed by atoms with Crippen molar-refractivity contribution in [2.45, 2.75) is 30.4 Å². The van der Waals surface area contributed by atoms with Gasteiger partial charge in [0.1, 0.15) is 5.82 Å². The van der Waals surface area contributed by atoms with Gasteiger partial charge in [0, 0.05) is 30.5 Å². The first-order valence-electron chi connectivity index (χ1n) is 10.1. The Labute approximate surface area is 186 Å². The van der Waals surface area contributed by atoms with Crippen LogP contribution in [0.4, 0.5) is 4.39 Å². The van der Waals surface area contributed by atoms with Crippen LogP contribution in [0.3, 0.4) is 0 Å². The number of carbonyl (C=O) groups is 1. The molecule has 5 nitrogen and oxygen atoms in total. The van der Waals surface area contributed by atoms with Gasteiger partial charge in [-0.2, -0.15) is 4.58 Å². The van der Waals surface area contributed by atoms with Crippen molar-refractivity contribution in [3.63, 3.8) is 0 Å². The Morgan fingerprint density at radius 3 is 2.68 bits per heavy atom. The van der Waals surface area contributed by atoms with Crippen molar-refractivity contribution in [3.05, 3.63) is 77.9 Å². The van der Waals surface area contributed by atoms with Gasteiger partial charge in [0.25, 0.3) is 6.17 Å². The molecule has 0 aliphatic carbocycles. The summed E-state index contributed by atoms with van der Waals surface area (Å²) in [4.78, 5) is 10.2. The van der Waals surface area contributed by atoms with Crippen LogP contribution in [-0.2, 0) is 4.79 Å². The normalized spacial score (nSPS) is 23.9. The number of hydrogen-bond acceptors (Lipinski definition) is 4. The molecule has 3 unspecified atom stereocenters. The number of carbonyl (C=O) groups excluding carboxylic acids is 1. The van der Waals surface area contributed by atoms with Crippen LogP contribution in [0.5, 0.6) is 0 Å². The molecular formula is C24H25FN3O2S+. The summed E-state index contributed by atoms with van der Waals surface area (Å²) in [5, 5.41) is 15.9. The quantitative estimate of drug-likeness (QED) is 0.329. The summed E-state index contributed by atoms with van der Waals surface area (Å²) in [5.41, 5.74) is 3.15. The van der Waals surface area contributed by atoms with Gasteiger partial charge >= 0.3 is 0 Å². The third-order valence-corrected chi connectivity index (χ3v) is 5.77. The fraction of sp³-hybridized carbons (Fsp3) is 0.250. The number of nitrogens with zero attached hydrogens (tertiary/aromatic N) is 1. The number of amides is 1. The van der Waals surface area contributed by atoms with Crippen LogP contribution in [0.25, 0.3) is 17.2 Å². The minimum atomic E-state index is -1.20. The van der Waals surface area contributed by atoms with E-state index in [9.17, 15) is 14.3 Å². The van der Waals surface area contributed by atoms with Gasteiger partial charge in [-0.3, -0.25) is 4.79 Å². The molecule has 1 saturated heterocycles. The second kappa shape index (κ2) is 8.69. The van der Waals surface area contributed by atoms with Crippen molar-refractivity contribution >= 4 is 30.8 Å². The first-order valence-corrected chi connectivity index (χ1v) is 10.6. The minimum absolute atomic E-state index is 0.0129. The van der Waals surface area contributed by atoms with Gasteiger partial charge in [0.05, 0.1) is 6.20 Å². The number of thiol groups is 1. The molecule has 2 aliphatic heterocycles. The average molecular weight is 439 g/mol. The standard InChI is InChI=1S/C24H24FN3O2S/c1-24(30,31)23-26-10-12-28(23)11-2-3-16-4-6-17(7-5-16)20-9-8-18(13-21(20)25)19-14-22(29)27-15-19/h2-13,19,23,26,30H,14-15H2,1H3,(H-,27,29,31)/p+1/b3-2+,28-11-. The number of aliphatic hydroxyl groups is 1. The van der Waals surface area contributed by atoms with Crippen LogP contribution in [0.2, 0.25) is 0 Å². The largest absolute Gasteiger partial charge is 0.372 e. The lowest BCUT2D eigenvalue weighted by Crippen LogP contribution is -2.46.